The van der Waals surface area contributed by atoms with Gasteiger partial charge >= 0.3 is 0 Å². The quantitative estimate of drug-likeness (QED) is 0.672. The van der Waals surface area contributed by atoms with Crippen molar-refractivity contribution in [3.05, 3.63) is 58.1 Å². The largest absolute Gasteiger partial charge is 0.493 e. The molecule has 0 spiro atoms. The Morgan fingerprint density at radius 3 is 2.45 bits per heavy atom. The van der Waals surface area contributed by atoms with E-state index in [1.807, 2.05) is 30.3 Å². The number of rotatable bonds is 4. The summed E-state index contributed by atoms with van der Waals surface area (Å²) >= 11 is 6.33. The standard InChI is InChI=1S/C24H28ClNO3/c1-28-21-14-17-11-12-26(24(27)16-7-4-3-5-8-16)23(20(17)15-22(21)29-2)18-9-6-10-19(25)13-18/h6,9-10,13-16,23H,3-5,7-8,11-12H2,1-2H3. The number of carbonyl (C=O) groups excluding carboxylic acids is 1. The molecule has 1 unspecified atom stereocenters. The fourth-order valence-electron chi connectivity index (χ4n) is 4.80. The van der Waals surface area contributed by atoms with Gasteiger partial charge in [0.15, 0.2) is 11.5 Å². The summed E-state index contributed by atoms with van der Waals surface area (Å²) in [5, 5.41) is 0.681. The van der Waals surface area contributed by atoms with Gasteiger partial charge in [0.2, 0.25) is 5.91 Å². The maximum Gasteiger partial charge on any atom is 0.226 e. The minimum atomic E-state index is -0.160. The number of methoxy groups -OCH3 is 2. The number of benzene rings is 2. The molecule has 1 saturated carbocycles. The molecule has 154 valence electrons. The fourth-order valence-corrected chi connectivity index (χ4v) is 5.00. The molecule has 5 heteroatoms. The highest BCUT2D eigenvalue weighted by atomic mass is 35.5. The van der Waals surface area contributed by atoms with Gasteiger partial charge in [-0.3, -0.25) is 4.79 Å². The van der Waals surface area contributed by atoms with Gasteiger partial charge in [-0.1, -0.05) is 43.0 Å². The molecule has 1 atom stereocenters. The first kappa shape index (κ1) is 20.1. The lowest BCUT2D eigenvalue weighted by molar-refractivity contribution is -0.138. The van der Waals surface area contributed by atoms with Crippen molar-refractivity contribution in [1.82, 2.24) is 4.90 Å². The van der Waals surface area contributed by atoms with Gasteiger partial charge in [0.05, 0.1) is 20.3 Å². The molecule has 1 aliphatic heterocycles. The molecular formula is C24H28ClNO3. The van der Waals surface area contributed by atoms with E-state index in [1.54, 1.807) is 14.2 Å². The number of halogens is 1. The van der Waals surface area contributed by atoms with Crippen molar-refractivity contribution in [2.24, 2.45) is 5.92 Å². The average Bonchev–Trinajstić information content (AvgIpc) is 2.77. The van der Waals surface area contributed by atoms with E-state index in [0.717, 1.165) is 49.0 Å². The fraction of sp³-hybridized carbons (Fsp3) is 0.458. The number of nitrogens with zero attached hydrogens (tertiary/aromatic N) is 1. The maximum atomic E-state index is 13.5. The molecule has 0 bridgehead atoms. The third-order valence-electron chi connectivity index (χ3n) is 6.28. The van der Waals surface area contributed by atoms with E-state index in [2.05, 4.69) is 11.0 Å². The summed E-state index contributed by atoms with van der Waals surface area (Å²) < 4.78 is 11.1. The number of fused-ring (bicyclic) bond motifs is 1. The highest BCUT2D eigenvalue weighted by Crippen LogP contribution is 2.42. The van der Waals surface area contributed by atoms with Crippen LogP contribution in [0, 0.1) is 5.92 Å². The van der Waals surface area contributed by atoms with E-state index in [4.69, 9.17) is 21.1 Å². The van der Waals surface area contributed by atoms with Crippen LogP contribution in [0.15, 0.2) is 36.4 Å². The Morgan fingerprint density at radius 2 is 1.76 bits per heavy atom. The lowest BCUT2D eigenvalue weighted by atomic mass is 9.84. The summed E-state index contributed by atoms with van der Waals surface area (Å²) in [6.07, 6.45) is 6.33. The highest BCUT2D eigenvalue weighted by Gasteiger charge is 2.36. The van der Waals surface area contributed by atoms with E-state index < -0.39 is 0 Å². The summed E-state index contributed by atoms with van der Waals surface area (Å²) in [4.78, 5) is 15.6. The first-order chi connectivity index (χ1) is 14.1. The molecule has 4 nitrogen and oxygen atoms in total. The third-order valence-corrected chi connectivity index (χ3v) is 6.51. The van der Waals surface area contributed by atoms with Crippen LogP contribution in [0.2, 0.25) is 5.02 Å². The number of carbonyl (C=O) groups is 1. The summed E-state index contributed by atoms with van der Waals surface area (Å²) in [7, 11) is 3.30. The molecule has 2 aromatic carbocycles. The molecule has 0 radical (unpaired) electrons. The summed E-state index contributed by atoms with van der Waals surface area (Å²) in [5.74, 6) is 1.82. The van der Waals surface area contributed by atoms with Crippen LogP contribution in [-0.2, 0) is 11.2 Å². The zero-order chi connectivity index (χ0) is 20.4. The molecule has 0 aromatic heterocycles. The molecule has 1 fully saturated rings. The van der Waals surface area contributed by atoms with Gasteiger partial charge in [0.1, 0.15) is 0 Å². The van der Waals surface area contributed by atoms with Crippen LogP contribution in [0.4, 0.5) is 0 Å². The Hall–Kier alpha value is -2.20. The minimum Gasteiger partial charge on any atom is -0.493 e. The van der Waals surface area contributed by atoms with Crippen molar-refractivity contribution in [3.8, 4) is 11.5 Å². The van der Waals surface area contributed by atoms with E-state index in [-0.39, 0.29) is 17.9 Å². The highest BCUT2D eigenvalue weighted by molar-refractivity contribution is 6.30. The van der Waals surface area contributed by atoms with Crippen molar-refractivity contribution < 1.29 is 14.3 Å². The van der Waals surface area contributed by atoms with E-state index in [0.29, 0.717) is 17.3 Å². The van der Waals surface area contributed by atoms with Crippen molar-refractivity contribution in [3.63, 3.8) is 0 Å². The Kier molecular flexibility index (Phi) is 6.00. The normalized spacial score (nSPS) is 19.6. The Balaban J connectivity index is 1.79. The van der Waals surface area contributed by atoms with E-state index in [1.165, 1.54) is 12.0 Å². The molecule has 29 heavy (non-hydrogen) atoms. The molecule has 1 aliphatic carbocycles. The maximum absolute atomic E-state index is 13.5. The van der Waals surface area contributed by atoms with Gasteiger partial charge in [-0.05, 0) is 60.2 Å². The summed E-state index contributed by atoms with van der Waals surface area (Å²) in [5.41, 5.74) is 3.33. The lowest BCUT2D eigenvalue weighted by Gasteiger charge is -2.40. The predicted octanol–water partition coefficient (Wildman–Crippen LogP) is 5.41. The van der Waals surface area contributed by atoms with Crippen LogP contribution < -0.4 is 9.47 Å². The molecule has 1 heterocycles. The van der Waals surface area contributed by atoms with Gasteiger partial charge in [-0.2, -0.15) is 0 Å². The molecule has 0 saturated heterocycles. The Bertz CT molecular complexity index is 892. The van der Waals surface area contributed by atoms with Crippen molar-refractivity contribution >= 4 is 17.5 Å². The molecular weight excluding hydrogens is 386 g/mol. The molecule has 2 aromatic rings. The van der Waals surface area contributed by atoms with Gasteiger partial charge in [0.25, 0.3) is 0 Å². The Morgan fingerprint density at radius 1 is 1.03 bits per heavy atom. The monoisotopic (exact) mass is 413 g/mol. The summed E-state index contributed by atoms with van der Waals surface area (Å²) in [6.45, 7) is 0.703. The second-order valence-corrected chi connectivity index (χ2v) is 8.42. The van der Waals surface area contributed by atoms with Crippen molar-refractivity contribution in [2.75, 3.05) is 20.8 Å². The first-order valence-corrected chi connectivity index (χ1v) is 10.8. The number of hydrogen-bond donors (Lipinski definition) is 0. The first-order valence-electron chi connectivity index (χ1n) is 10.4. The molecule has 2 aliphatic rings. The van der Waals surface area contributed by atoms with Gasteiger partial charge in [0, 0.05) is 17.5 Å². The zero-order valence-electron chi connectivity index (χ0n) is 17.1. The second-order valence-electron chi connectivity index (χ2n) is 7.98. The summed E-state index contributed by atoms with van der Waals surface area (Å²) in [6, 6.07) is 11.8. The van der Waals surface area contributed by atoms with Gasteiger partial charge in [-0.15, -0.1) is 0 Å². The van der Waals surface area contributed by atoms with E-state index in [9.17, 15) is 4.79 Å². The number of hydrogen-bond acceptors (Lipinski definition) is 3. The van der Waals surface area contributed by atoms with Crippen LogP contribution in [0.25, 0.3) is 0 Å². The third kappa shape index (κ3) is 3.95. The number of amides is 1. The molecule has 1 amide bonds. The van der Waals surface area contributed by atoms with Gasteiger partial charge in [-0.25, -0.2) is 0 Å². The number of ether oxygens (including phenoxy) is 2. The lowest BCUT2D eigenvalue weighted by Crippen LogP contribution is -2.44. The smallest absolute Gasteiger partial charge is 0.226 e. The van der Waals surface area contributed by atoms with Gasteiger partial charge < -0.3 is 14.4 Å². The Labute approximate surface area is 177 Å². The van der Waals surface area contributed by atoms with E-state index >= 15 is 0 Å². The topological polar surface area (TPSA) is 38.8 Å². The SMILES string of the molecule is COc1cc2c(cc1OC)C(c1cccc(Cl)c1)N(C(=O)C1CCCCC1)CC2. The zero-order valence-corrected chi connectivity index (χ0v) is 17.9. The molecule has 4 rings (SSSR count). The van der Waals surface area contributed by atoms with Crippen molar-refractivity contribution in [2.45, 2.75) is 44.6 Å². The second kappa shape index (κ2) is 8.66. The predicted molar refractivity (Wildman–Crippen MR) is 115 cm³/mol. The van der Waals surface area contributed by atoms with Crippen LogP contribution in [0.1, 0.15) is 54.8 Å². The van der Waals surface area contributed by atoms with Crippen LogP contribution in [-0.4, -0.2) is 31.6 Å². The average molecular weight is 414 g/mol. The molecule has 0 N–H and O–H groups in total. The van der Waals surface area contributed by atoms with Crippen LogP contribution in [0.5, 0.6) is 11.5 Å². The van der Waals surface area contributed by atoms with Crippen molar-refractivity contribution in [1.29, 1.82) is 0 Å². The van der Waals surface area contributed by atoms with Crippen LogP contribution >= 0.6 is 11.6 Å². The van der Waals surface area contributed by atoms with Crippen LogP contribution in [0.3, 0.4) is 0 Å². The minimum absolute atomic E-state index is 0.132.